The maximum absolute atomic E-state index is 10.8. The van der Waals surface area contributed by atoms with Crippen LogP contribution in [-0.2, 0) is 14.0 Å². The Morgan fingerprint density at radius 2 is 1.92 bits per heavy atom. The Morgan fingerprint density at radius 1 is 1.28 bits per heavy atom. The molecule has 1 aliphatic heterocycles. The first-order valence-corrected chi connectivity index (χ1v) is 12.9. The minimum absolute atomic E-state index is 0.234. The van der Waals surface area contributed by atoms with E-state index in [9.17, 15) is 4.79 Å². The van der Waals surface area contributed by atoms with Crippen molar-refractivity contribution >= 4 is 14.3 Å². The maximum Gasteiger partial charge on any atom is 0.306 e. The van der Waals surface area contributed by atoms with Crippen LogP contribution in [0.4, 0.5) is 0 Å². The zero-order valence-corrected chi connectivity index (χ0v) is 18.4. The summed E-state index contributed by atoms with van der Waals surface area (Å²) in [5.41, 5.74) is 0. The van der Waals surface area contributed by atoms with Gasteiger partial charge in [0.15, 0.2) is 8.32 Å². The predicted molar refractivity (Wildman–Crippen MR) is 105 cm³/mol. The van der Waals surface area contributed by atoms with Crippen LogP contribution in [0.1, 0.15) is 73.1 Å². The molecule has 1 fully saturated rings. The van der Waals surface area contributed by atoms with Crippen LogP contribution < -0.4 is 0 Å². The molecule has 0 spiro atoms. The third-order valence-corrected chi connectivity index (χ3v) is 10.7. The fourth-order valence-corrected chi connectivity index (χ4v) is 4.18. The van der Waals surface area contributed by atoms with Crippen LogP contribution in [0.2, 0.25) is 18.1 Å². The third kappa shape index (κ3) is 7.39. The van der Waals surface area contributed by atoms with Crippen molar-refractivity contribution in [1.82, 2.24) is 0 Å². The fraction of sp³-hybridized carbons (Fsp3) is 0.950. The summed E-state index contributed by atoms with van der Waals surface area (Å²) in [6, 6.07) is 0. The van der Waals surface area contributed by atoms with Gasteiger partial charge < -0.3 is 14.3 Å². The van der Waals surface area contributed by atoms with Gasteiger partial charge in [-0.1, -0.05) is 47.5 Å². The van der Waals surface area contributed by atoms with Crippen molar-refractivity contribution in [3.63, 3.8) is 0 Å². The van der Waals surface area contributed by atoms with Gasteiger partial charge in [-0.15, -0.1) is 0 Å². The van der Waals surface area contributed by atoms with E-state index < -0.39 is 14.3 Å². The average molecular weight is 373 g/mol. The highest BCUT2D eigenvalue weighted by Gasteiger charge is 2.38. The van der Waals surface area contributed by atoms with Gasteiger partial charge in [0.1, 0.15) is 0 Å². The Bertz CT molecular complexity index is 416. The normalized spacial score (nSPS) is 26.0. The molecule has 0 amide bonds. The molecule has 0 aromatic heterocycles. The summed E-state index contributed by atoms with van der Waals surface area (Å²) in [5, 5.41) is 9.18. The lowest BCUT2D eigenvalue weighted by Crippen LogP contribution is -2.41. The van der Waals surface area contributed by atoms with E-state index in [0.29, 0.717) is 18.1 Å². The van der Waals surface area contributed by atoms with Gasteiger partial charge in [0.25, 0.3) is 0 Å². The molecule has 1 aliphatic rings. The Kier molecular flexibility index (Phi) is 8.62. The molecule has 0 aromatic rings. The van der Waals surface area contributed by atoms with Gasteiger partial charge in [0, 0.05) is 6.61 Å². The first-order valence-electron chi connectivity index (χ1n) is 9.96. The highest BCUT2D eigenvalue weighted by atomic mass is 28.4. The molecule has 0 aromatic carbocycles. The van der Waals surface area contributed by atoms with E-state index in [1.165, 1.54) is 0 Å². The first-order chi connectivity index (χ1) is 11.4. The van der Waals surface area contributed by atoms with Gasteiger partial charge in [-0.2, -0.15) is 0 Å². The van der Waals surface area contributed by atoms with Crippen LogP contribution in [0.25, 0.3) is 0 Å². The van der Waals surface area contributed by atoms with Crippen molar-refractivity contribution < 1.29 is 19.1 Å². The SMILES string of the molecule is C[C@H](CCCC[C@@H]1O[C@@H](CCO[Si](C)(C)C(C)(C)C)C[C@@H]1C)C(=O)O. The van der Waals surface area contributed by atoms with E-state index in [2.05, 4.69) is 40.8 Å². The van der Waals surface area contributed by atoms with Gasteiger partial charge >= 0.3 is 5.97 Å². The zero-order valence-electron chi connectivity index (χ0n) is 17.4. The molecule has 1 heterocycles. The van der Waals surface area contributed by atoms with E-state index in [1.54, 1.807) is 6.92 Å². The molecule has 148 valence electrons. The molecule has 1 saturated heterocycles. The molecule has 1 rings (SSSR count). The monoisotopic (exact) mass is 372 g/mol. The second-order valence-electron chi connectivity index (χ2n) is 9.43. The summed E-state index contributed by atoms with van der Waals surface area (Å²) in [5.74, 6) is -0.329. The molecule has 0 aliphatic carbocycles. The van der Waals surface area contributed by atoms with Gasteiger partial charge in [-0.3, -0.25) is 4.79 Å². The molecular formula is C20H40O4Si. The van der Waals surface area contributed by atoms with Gasteiger partial charge in [0.2, 0.25) is 0 Å². The Morgan fingerprint density at radius 3 is 2.48 bits per heavy atom. The van der Waals surface area contributed by atoms with E-state index in [-0.39, 0.29) is 11.0 Å². The summed E-state index contributed by atoms with van der Waals surface area (Å²) < 4.78 is 12.5. The van der Waals surface area contributed by atoms with Gasteiger partial charge in [0.05, 0.1) is 18.1 Å². The van der Waals surface area contributed by atoms with Crippen molar-refractivity contribution in [1.29, 1.82) is 0 Å². The first kappa shape index (κ1) is 22.6. The van der Waals surface area contributed by atoms with E-state index >= 15 is 0 Å². The van der Waals surface area contributed by atoms with Gasteiger partial charge in [-0.05, 0) is 49.7 Å². The highest BCUT2D eigenvalue weighted by molar-refractivity contribution is 6.74. The summed E-state index contributed by atoms with van der Waals surface area (Å²) in [7, 11) is -1.66. The number of carboxylic acids is 1. The number of hydrogen-bond donors (Lipinski definition) is 1. The lowest BCUT2D eigenvalue weighted by Gasteiger charge is -2.36. The molecule has 5 heteroatoms. The highest BCUT2D eigenvalue weighted by Crippen LogP contribution is 2.37. The molecular weight excluding hydrogens is 332 g/mol. The van der Waals surface area contributed by atoms with Crippen molar-refractivity contribution in [2.24, 2.45) is 11.8 Å². The van der Waals surface area contributed by atoms with Crippen LogP contribution in [0.3, 0.4) is 0 Å². The third-order valence-electron chi connectivity index (χ3n) is 6.14. The number of ether oxygens (including phenoxy) is 1. The van der Waals surface area contributed by atoms with Crippen molar-refractivity contribution in [2.45, 2.75) is 103 Å². The molecule has 25 heavy (non-hydrogen) atoms. The average Bonchev–Trinajstić information content (AvgIpc) is 2.82. The number of unbranched alkanes of at least 4 members (excludes halogenated alkanes) is 1. The summed E-state index contributed by atoms with van der Waals surface area (Å²) in [6.07, 6.45) is 6.60. The largest absolute Gasteiger partial charge is 0.481 e. The number of hydrogen-bond acceptors (Lipinski definition) is 3. The summed E-state index contributed by atoms with van der Waals surface area (Å²) >= 11 is 0. The summed E-state index contributed by atoms with van der Waals surface area (Å²) in [6.45, 7) is 16.3. The topological polar surface area (TPSA) is 55.8 Å². The zero-order chi connectivity index (χ0) is 19.3. The minimum Gasteiger partial charge on any atom is -0.481 e. The standard InChI is InChI=1S/C20H40O4Si/c1-15(19(21)22)10-8-9-11-18-16(2)14-17(24-18)12-13-23-25(6,7)20(3,4)5/h15-18H,8-14H2,1-7H3,(H,21,22)/t15-,16+,17+,18+/m1/s1. The van der Waals surface area contributed by atoms with Crippen LogP contribution in [0, 0.1) is 11.8 Å². The molecule has 0 bridgehead atoms. The van der Waals surface area contributed by atoms with E-state index in [4.69, 9.17) is 14.3 Å². The minimum atomic E-state index is -1.66. The fourth-order valence-electron chi connectivity index (χ4n) is 3.12. The van der Waals surface area contributed by atoms with Crippen molar-refractivity contribution in [3.8, 4) is 0 Å². The molecule has 4 nitrogen and oxygen atoms in total. The number of carboxylic acid groups (broad SMARTS) is 1. The van der Waals surface area contributed by atoms with Crippen LogP contribution in [0.15, 0.2) is 0 Å². The molecule has 0 unspecified atom stereocenters. The Hall–Kier alpha value is -0.393. The second kappa shape index (κ2) is 9.52. The maximum atomic E-state index is 10.8. The van der Waals surface area contributed by atoms with E-state index in [1.807, 2.05) is 0 Å². The Balaban J connectivity index is 2.25. The number of rotatable bonds is 10. The van der Waals surface area contributed by atoms with Gasteiger partial charge in [-0.25, -0.2) is 0 Å². The van der Waals surface area contributed by atoms with E-state index in [0.717, 1.165) is 45.1 Å². The summed E-state index contributed by atoms with van der Waals surface area (Å²) in [4.78, 5) is 10.8. The molecule has 0 radical (unpaired) electrons. The lowest BCUT2D eigenvalue weighted by molar-refractivity contribution is -0.141. The predicted octanol–water partition coefficient (Wildman–Crippen LogP) is 5.47. The number of carbonyl (C=O) groups is 1. The molecule has 4 atom stereocenters. The van der Waals surface area contributed by atoms with Crippen molar-refractivity contribution in [3.05, 3.63) is 0 Å². The van der Waals surface area contributed by atoms with Crippen LogP contribution in [-0.4, -0.2) is 38.2 Å². The Labute approximate surface area is 155 Å². The second-order valence-corrected chi connectivity index (χ2v) is 14.2. The quantitative estimate of drug-likeness (QED) is 0.408. The lowest BCUT2D eigenvalue weighted by atomic mass is 9.95. The van der Waals surface area contributed by atoms with Crippen LogP contribution in [0.5, 0.6) is 0 Å². The van der Waals surface area contributed by atoms with Crippen LogP contribution >= 0.6 is 0 Å². The molecule has 1 N–H and O–H groups in total. The van der Waals surface area contributed by atoms with Crippen molar-refractivity contribution in [2.75, 3.05) is 6.61 Å². The smallest absolute Gasteiger partial charge is 0.306 e. The number of aliphatic carboxylic acids is 1. The molecule has 0 saturated carbocycles.